The zero-order valence-electron chi connectivity index (χ0n) is 44.2. The molecule has 0 heterocycles. The molecule has 0 aliphatic rings. The van der Waals surface area contributed by atoms with Gasteiger partial charge < -0.3 is 58.9 Å². The van der Waals surface area contributed by atoms with E-state index < -0.39 is 79.5 Å². The average Bonchev–Trinajstić information content (AvgIpc) is 3.34. The maximum Gasteiger partial charge on any atom is 0.469 e. The Hall–Kier alpha value is -2.68. The first-order valence-corrected chi connectivity index (χ1v) is 30.5. The fourth-order valence-corrected chi connectivity index (χ4v) is 6.87. The highest BCUT2D eigenvalue weighted by molar-refractivity contribution is 7.46. The van der Waals surface area contributed by atoms with E-state index in [0.717, 1.165) is 57.8 Å². The highest BCUT2D eigenvalue weighted by Crippen LogP contribution is 2.37. The molecule has 0 amide bonds. The van der Waals surface area contributed by atoms with Crippen LogP contribution in [0.1, 0.15) is 181 Å². The largest absolute Gasteiger partial charge is 0.469 e. The molecule has 24 heteroatoms. The lowest BCUT2D eigenvalue weighted by Crippen LogP contribution is -2.23. The lowest BCUT2D eigenvalue weighted by Gasteiger charge is -2.12. The second-order valence-corrected chi connectivity index (χ2v) is 20.8. The molecular formula is C50H93O21P3. The summed E-state index contributed by atoms with van der Waals surface area (Å²) in [5.74, 6) is -1.38. The van der Waals surface area contributed by atoms with Gasteiger partial charge in [-0.3, -0.25) is 28.0 Å². The summed E-state index contributed by atoms with van der Waals surface area (Å²) in [7, 11) is -13.8. The topological polar surface area (TPSA) is 340 Å². The summed E-state index contributed by atoms with van der Waals surface area (Å²) in [4.78, 5) is 84.2. The van der Waals surface area contributed by atoms with Crippen LogP contribution in [0.25, 0.3) is 0 Å². The number of hydrogen-bond acceptors (Lipinski definition) is 15. The van der Waals surface area contributed by atoms with Gasteiger partial charge in [-0.15, -0.1) is 0 Å². The molecule has 0 bridgehead atoms. The van der Waals surface area contributed by atoms with E-state index >= 15 is 0 Å². The number of hydrogen-bond donors (Lipinski definition) is 9. The van der Waals surface area contributed by atoms with Gasteiger partial charge in [-0.25, -0.2) is 13.7 Å². The summed E-state index contributed by atoms with van der Waals surface area (Å²) >= 11 is 0. The first kappa shape index (κ1) is 75.6. The predicted octanol–water partition coefficient (Wildman–Crippen LogP) is 9.59. The van der Waals surface area contributed by atoms with Crippen LogP contribution in [0.3, 0.4) is 0 Å². The second-order valence-electron chi connectivity index (χ2n) is 17.0. The van der Waals surface area contributed by atoms with Gasteiger partial charge in [-0.2, -0.15) is 0 Å². The molecular weight excluding hydrogens is 1030 g/mol. The zero-order chi connectivity index (χ0) is 56.2. The SMILES string of the molecule is CCC(=O)OC[C@@H](O)COP(=O)(O)O.CCCCC/C=C\C/C=C\C/C=C\C/C=C\CCCC(=O)OC[C@@H](O)COP(=O)(O)O.CCCCCCCC/C=C\CCCCCCCC(=O)OC[C@@H](O)COP(=O)(O)O. The molecule has 0 aromatic heterocycles. The molecule has 0 radical (unpaired) electrons. The maximum atomic E-state index is 11.5. The second kappa shape index (κ2) is 52.4. The number of rotatable bonds is 45. The maximum absolute atomic E-state index is 11.5. The summed E-state index contributed by atoms with van der Waals surface area (Å²) in [5.41, 5.74) is 0. The monoisotopic (exact) mass is 1120 g/mol. The zero-order valence-corrected chi connectivity index (χ0v) is 46.9. The van der Waals surface area contributed by atoms with Crippen LogP contribution in [-0.2, 0) is 55.9 Å². The summed E-state index contributed by atoms with van der Waals surface area (Å²) in [5, 5.41) is 27.8. The number of carbonyl (C=O) groups excluding carboxylic acids is 3. The van der Waals surface area contributed by atoms with E-state index in [2.05, 4.69) is 80.8 Å². The van der Waals surface area contributed by atoms with Gasteiger partial charge in [0.25, 0.3) is 0 Å². The quantitative estimate of drug-likeness (QED) is 0.00900. The number of unbranched alkanes of at least 4 members (excludes halogenated alkanes) is 15. The molecule has 9 N–H and O–H groups in total. The van der Waals surface area contributed by atoms with Gasteiger partial charge in [0, 0.05) is 19.3 Å². The number of phosphoric acid groups is 3. The Morgan fingerprint density at radius 3 is 1.00 bits per heavy atom. The van der Waals surface area contributed by atoms with Crippen LogP contribution in [0.2, 0.25) is 0 Å². The molecule has 0 saturated heterocycles. The van der Waals surface area contributed by atoms with Crippen LogP contribution in [0.5, 0.6) is 0 Å². The van der Waals surface area contributed by atoms with Gasteiger partial charge in [0.15, 0.2) is 0 Å². The molecule has 0 spiro atoms. The third-order valence-corrected chi connectivity index (χ3v) is 11.2. The minimum atomic E-state index is -4.63. The van der Waals surface area contributed by atoms with Gasteiger partial charge in [0.1, 0.15) is 38.1 Å². The lowest BCUT2D eigenvalue weighted by atomic mass is 10.1. The average molecular weight is 1120 g/mol. The summed E-state index contributed by atoms with van der Waals surface area (Å²) in [6.07, 6.45) is 43.2. The van der Waals surface area contributed by atoms with Crippen molar-refractivity contribution in [2.24, 2.45) is 0 Å². The van der Waals surface area contributed by atoms with E-state index in [4.69, 9.17) is 43.9 Å². The molecule has 0 unspecified atom stereocenters. The van der Waals surface area contributed by atoms with E-state index in [-0.39, 0.29) is 39.1 Å². The fraction of sp³-hybridized carbons (Fsp3) is 0.740. The lowest BCUT2D eigenvalue weighted by molar-refractivity contribution is -0.148. The van der Waals surface area contributed by atoms with Crippen molar-refractivity contribution in [1.29, 1.82) is 0 Å². The minimum Gasteiger partial charge on any atom is -0.463 e. The van der Waals surface area contributed by atoms with Crippen molar-refractivity contribution < 1.29 is 101 Å². The normalized spacial score (nSPS) is 13.5. The van der Waals surface area contributed by atoms with Crippen molar-refractivity contribution in [1.82, 2.24) is 0 Å². The first-order valence-electron chi connectivity index (χ1n) is 25.9. The van der Waals surface area contributed by atoms with Crippen molar-refractivity contribution in [3.05, 3.63) is 60.8 Å². The van der Waals surface area contributed by atoms with Crippen LogP contribution in [-0.4, -0.2) is 121 Å². The number of allylic oxidation sites excluding steroid dienone is 10. The van der Waals surface area contributed by atoms with Crippen molar-refractivity contribution in [2.75, 3.05) is 39.6 Å². The van der Waals surface area contributed by atoms with Crippen molar-refractivity contribution in [3.8, 4) is 0 Å². The van der Waals surface area contributed by atoms with Gasteiger partial charge in [-0.1, -0.05) is 146 Å². The smallest absolute Gasteiger partial charge is 0.463 e. The van der Waals surface area contributed by atoms with Crippen molar-refractivity contribution >= 4 is 41.4 Å². The Kier molecular flexibility index (Phi) is 53.5. The van der Waals surface area contributed by atoms with Crippen LogP contribution in [0.15, 0.2) is 60.8 Å². The van der Waals surface area contributed by atoms with Crippen LogP contribution in [0, 0.1) is 0 Å². The molecule has 434 valence electrons. The van der Waals surface area contributed by atoms with Crippen LogP contribution in [0.4, 0.5) is 0 Å². The summed E-state index contributed by atoms with van der Waals surface area (Å²) in [6.45, 7) is 3.25. The van der Waals surface area contributed by atoms with Gasteiger partial charge in [0.2, 0.25) is 0 Å². The Labute approximate surface area is 440 Å². The molecule has 3 atom stereocenters. The molecule has 74 heavy (non-hydrogen) atoms. The summed E-state index contributed by atoms with van der Waals surface area (Å²) in [6, 6.07) is 0. The van der Waals surface area contributed by atoms with Crippen LogP contribution < -0.4 is 0 Å². The minimum absolute atomic E-state index is 0.173. The number of carbonyl (C=O) groups is 3. The Bertz CT molecular complexity index is 1650. The molecule has 21 nitrogen and oxygen atoms in total. The molecule has 0 fully saturated rings. The molecule has 0 rings (SSSR count). The van der Waals surface area contributed by atoms with E-state index in [1.807, 2.05) is 12.2 Å². The highest BCUT2D eigenvalue weighted by Gasteiger charge is 2.20. The standard InChI is InChI=1S/C23H39O7P.C21H41O7P.C6H13O7P/c1-2-3-4-5-6-7-8-9-10-11-12-13-14-15-16-17-18-19-23(25)29-20-22(24)21-30-31(26,27)28;1-2-3-4-5-6-7-8-9-10-11-12-13-14-15-16-17-21(23)27-18-20(22)19-28-29(24,25)26;1-2-6(8)12-3-5(7)4-13-14(9,10)11/h6-7,9-10,12-13,15-16,22,24H,2-5,8,11,14,17-21H2,1H3,(H2,26,27,28);9-10,20,22H,2-8,11-19H2,1H3,(H2,24,25,26);5,7H,2-4H2,1H3,(H2,9,10,11)/b7-6-,10-9-,13-12-,16-15-;10-9-;/t22-;20-;5-/m111/s1. The molecule has 0 aliphatic carbocycles. The highest BCUT2D eigenvalue weighted by atomic mass is 31.2. The first-order chi connectivity index (χ1) is 35.0. The Morgan fingerprint density at radius 2 is 0.635 bits per heavy atom. The van der Waals surface area contributed by atoms with Gasteiger partial charge >= 0.3 is 41.4 Å². The van der Waals surface area contributed by atoms with Crippen molar-refractivity contribution in [3.63, 3.8) is 0 Å². The molecule has 0 aromatic rings. The van der Waals surface area contributed by atoms with E-state index in [1.54, 1.807) is 6.92 Å². The third kappa shape index (κ3) is 69.3. The number of ether oxygens (including phenoxy) is 3. The third-order valence-electron chi connectivity index (χ3n) is 9.76. The van der Waals surface area contributed by atoms with E-state index in [0.29, 0.717) is 6.42 Å². The predicted molar refractivity (Wildman–Crippen MR) is 283 cm³/mol. The molecule has 0 aromatic carbocycles. The number of esters is 3. The van der Waals surface area contributed by atoms with Crippen LogP contribution >= 0.6 is 23.5 Å². The van der Waals surface area contributed by atoms with Gasteiger partial charge in [0.05, 0.1) is 19.8 Å². The Morgan fingerprint density at radius 1 is 0.365 bits per heavy atom. The Balaban J connectivity index is -0.00000109. The van der Waals surface area contributed by atoms with Crippen molar-refractivity contribution in [2.45, 2.75) is 200 Å². The molecule has 0 aliphatic heterocycles. The van der Waals surface area contributed by atoms with E-state index in [1.165, 1.54) is 77.0 Å². The molecule has 0 saturated carbocycles. The van der Waals surface area contributed by atoms with Gasteiger partial charge in [-0.05, 0) is 77.0 Å². The summed E-state index contributed by atoms with van der Waals surface area (Å²) < 4.78 is 57.6. The number of phosphoric ester groups is 3. The number of aliphatic hydroxyl groups is 3. The fourth-order valence-electron chi connectivity index (χ4n) is 5.77. The number of aliphatic hydroxyl groups excluding tert-OH is 3. The van der Waals surface area contributed by atoms with E-state index in [9.17, 15) is 38.3 Å².